The maximum absolute atomic E-state index is 15.5. The SMILES string of the molecule is CC.CNC(=O)C(CCC=O)c1c(F)cc(N2CCN=C/C(CN3CCC(c4ccc5c(c4)-n4c(nc(=O)c6c(Cl)cccc64)C5(C)C)CC3)=C\C(C#N)=C\NCC2)cc1F. The van der Waals surface area contributed by atoms with E-state index in [2.05, 4.69) is 68.2 Å². The minimum atomic E-state index is -1.14. The van der Waals surface area contributed by atoms with Gasteiger partial charge in [0.05, 0.1) is 45.1 Å². The Kier molecular flexibility index (Phi) is 14.5. The number of halogens is 3. The van der Waals surface area contributed by atoms with Crippen LogP contribution in [0.15, 0.2) is 81.7 Å². The van der Waals surface area contributed by atoms with Gasteiger partial charge in [0.25, 0.3) is 5.56 Å². The Morgan fingerprint density at radius 3 is 2.52 bits per heavy atom. The summed E-state index contributed by atoms with van der Waals surface area (Å²) in [5.74, 6) is -2.39. The average Bonchev–Trinajstić information content (AvgIpc) is 3.48. The van der Waals surface area contributed by atoms with E-state index in [1.165, 1.54) is 24.7 Å². The highest BCUT2D eigenvalue weighted by Gasteiger charge is 2.39. The van der Waals surface area contributed by atoms with Crippen LogP contribution in [0.25, 0.3) is 16.6 Å². The molecule has 1 unspecified atom stereocenters. The second kappa shape index (κ2) is 19.8. The first-order valence-electron chi connectivity index (χ1n) is 21.0. The van der Waals surface area contributed by atoms with Crippen LogP contribution in [-0.4, -0.2) is 85.7 Å². The third kappa shape index (κ3) is 9.46. The quantitative estimate of drug-likeness (QED) is 0.166. The molecule has 4 heterocycles. The van der Waals surface area contributed by atoms with Crippen LogP contribution in [0.3, 0.4) is 0 Å². The van der Waals surface area contributed by atoms with Crippen molar-refractivity contribution >= 4 is 46.6 Å². The third-order valence-corrected chi connectivity index (χ3v) is 12.1. The van der Waals surface area contributed by atoms with Crippen molar-refractivity contribution in [3.05, 3.63) is 121 Å². The zero-order chi connectivity index (χ0) is 43.8. The number of benzene rings is 3. The lowest BCUT2D eigenvalue weighted by Gasteiger charge is -2.32. The van der Waals surface area contributed by atoms with Crippen LogP contribution in [0.1, 0.15) is 87.7 Å². The number of nitrogens with zero attached hydrogens (tertiary/aromatic N) is 6. The van der Waals surface area contributed by atoms with E-state index in [4.69, 9.17) is 11.6 Å². The van der Waals surface area contributed by atoms with E-state index in [0.717, 1.165) is 48.3 Å². The van der Waals surface area contributed by atoms with Gasteiger partial charge in [-0.1, -0.05) is 43.6 Å². The van der Waals surface area contributed by atoms with Gasteiger partial charge in [0.15, 0.2) is 0 Å². The molecule has 0 aliphatic carbocycles. The Morgan fingerprint density at radius 2 is 1.84 bits per heavy atom. The predicted octanol–water partition coefficient (Wildman–Crippen LogP) is 7.49. The van der Waals surface area contributed by atoms with Crippen molar-refractivity contribution in [3.63, 3.8) is 0 Å². The molecule has 3 aliphatic rings. The van der Waals surface area contributed by atoms with E-state index in [9.17, 15) is 19.6 Å². The monoisotopic (exact) mass is 850 g/mol. The highest BCUT2D eigenvalue weighted by atomic mass is 35.5. The standard InChI is InChI=1S/C45H47ClF2N8O3.C2H6/c1-45(2)34-10-9-31(21-39(34)56-38-8-4-7-35(46)41(38)43(59)53-44(45)56)30-11-15-54(16-12-30)27-29-20-28(24-49)25-51-13-17-55(18-14-52-26-29)32-22-36(47)40(37(48)23-32)33(6-5-19-57)42(58)50-3;1-2/h4,7-10,19-23,25-26,30,33,51H,5-6,11-18,27H2,1-3H3,(H,50,58);1-2H3/b28-25-,29-20+,52-26?;. The summed E-state index contributed by atoms with van der Waals surface area (Å²) in [6, 6.07) is 16.8. The summed E-state index contributed by atoms with van der Waals surface area (Å²) in [4.78, 5) is 50.0. The molecule has 61 heavy (non-hydrogen) atoms. The molecule has 1 aromatic heterocycles. The normalized spacial score (nSPS) is 18.9. The molecule has 14 heteroatoms. The number of nitriles is 1. The number of allylic oxidation sites excluding steroid dienone is 2. The van der Waals surface area contributed by atoms with Crippen LogP contribution in [0, 0.1) is 23.0 Å². The number of anilines is 1. The van der Waals surface area contributed by atoms with E-state index >= 15 is 8.78 Å². The maximum Gasteiger partial charge on any atom is 0.282 e. The average molecular weight is 851 g/mol. The Morgan fingerprint density at radius 1 is 1.10 bits per heavy atom. The first-order chi connectivity index (χ1) is 29.4. The van der Waals surface area contributed by atoms with Gasteiger partial charge < -0.3 is 20.3 Å². The Bertz CT molecular complexity index is 2460. The maximum atomic E-state index is 15.5. The number of carbonyl (C=O) groups is 2. The van der Waals surface area contributed by atoms with E-state index in [0.29, 0.717) is 72.4 Å². The highest BCUT2D eigenvalue weighted by Crippen LogP contribution is 2.45. The van der Waals surface area contributed by atoms with Crippen molar-refractivity contribution < 1.29 is 18.4 Å². The molecule has 0 spiro atoms. The second-order valence-electron chi connectivity index (χ2n) is 15.8. The molecule has 0 saturated carbocycles. The minimum absolute atomic E-state index is 0.0103. The number of nitrogens with one attached hydrogen (secondary N) is 2. The van der Waals surface area contributed by atoms with Crippen LogP contribution < -0.4 is 21.1 Å². The number of carbonyl (C=O) groups excluding carboxylic acids is 2. The van der Waals surface area contributed by atoms with Crippen LogP contribution >= 0.6 is 11.6 Å². The number of aromatic nitrogens is 2. The van der Waals surface area contributed by atoms with Gasteiger partial charge in [0.1, 0.15) is 29.8 Å². The van der Waals surface area contributed by atoms with Gasteiger partial charge in [0.2, 0.25) is 5.91 Å². The molecule has 11 nitrogen and oxygen atoms in total. The lowest BCUT2D eigenvalue weighted by atomic mass is 9.83. The lowest BCUT2D eigenvalue weighted by molar-refractivity contribution is -0.122. The summed E-state index contributed by atoms with van der Waals surface area (Å²) in [5, 5.41) is 16.4. The first-order valence-corrected chi connectivity index (χ1v) is 21.3. The molecule has 3 aliphatic heterocycles. The number of likely N-dealkylation sites (tertiary alicyclic amines) is 1. The largest absolute Gasteiger partial charge is 0.388 e. The molecule has 320 valence electrons. The number of hydrogen-bond acceptors (Lipinski definition) is 9. The number of aldehydes is 1. The number of rotatable bonds is 9. The van der Waals surface area contributed by atoms with Gasteiger partial charge in [0, 0.05) is 63.3 Å². The number of hydrogen-bond donors (Lipinski definition) is 2. The summed E-state index contributed by atoms with van der Waals surface area (Å²) < 4.78 is 33.2. The van der Waals surface area contributed by atoms with E-state index in [1.54, 1.807) is 18.5 Å². The fourth-order valence-electron chi connectivity index (χ4n) is 8.65. The van der Waals surface area contributed by atoms with Crippen molar-refractivity contribution in [2.45, 2.75) is 70.6 Å². The summed E-state index contributed by atoms with van der Waals surface area (Å²) in [6.45, 7) is 11.9. The van der Waals surface area contributed by atoms with Crippen LogP contribution in [-0.2, 0) is 15.0 Å². The van der Waals surface area contributed by atoms with Gasteiger partial charge in [-0.15, -0.1) is 0 Å². The summed E-state index contributed by atoms with van der Waals surface area (Å²) in [6.07, 6.45) is 7.71. The molecule has 7 rings (SSSR count). The molecule has 4 aromatic rings. The van der Waals surface area contributed by atoms with Crippen LogP contribution in [0.4, 0.5) is 14.5 Å². The number of piperidine rings is 1. The zero-order valence-electron chi connectivity index (χ0n) is 35.4. The van der Waals surface area contributed by atoms with Crippen molar-refractivity contribution in [2.75, 3.05) is 57.8 Å². The predicted molar refractivity (Wildman–Crippen MR) is 238 cm³/mol. The van der Waals surface area contributed by atoms with E-state index < -0.39 is 28.9 Å². The van der Waals surface area contributed by atoms with Gasteiger partial charge in [-0.05, 0) is 105 Å². The molecule has 2 N–H and O–H groups in total. The highest BCUT2D eigenvalue weighted by molar-refractivity contribution is 6.35. The first kappa shape index (κ1) is 44.8. The smallest absolute Gasteiger partial charge is 0.282 e. The van der Waals surface area contributed by atoms with E-state index in [1.807, 2.05) is 37.0 Å². The molecular formula is C47H53ClF2N8O3. The van der Waals surface area contributed by atoms with Crippen molar-refractivity contribution in [3.8, 4) is 11.8 Å². The van der Waals surface area contributed by atoms with Crippen LogP contribution in [0.5, 0.6) is 0 Å². The van der Waals surface area contributed by atoms with Gasteiger partial charge in [-0.2, -0.15) is 10.2 Å². The van der Waals surface area contributed by atoms with E-state index in [-0.39, 0.29) is 24.0 Å². The molecule has 1 fully saturated rings. The number of fused-ring (bicyclic) bond motifs is 5. The van der Waals surface area contributed by atoms with Crippen molar-refractivity contribution in [1.82, 2.24) is 25.1 Å². The minimum Gasteiger partial charge on any atom is -0.388 e. The lowest BCUT2D eigenvalue weighted by Crippen LogP contribution is -2.35. The fraction of sp³-hybridized carbons (Fsp3) is 0.404. The Hall–Kier alpha value is -5.71. The molecule has 3 aromatic carbocycles. The fourth-order valence-corrected chi connectivity index (χ4v) is 8.90. The summed E-state index contributed by atoms with van der Waals surface area (Å²) in [7, 11) is 1.39. The van der Waals surface area contributed by atoms with Gasteiger partial charge in [-0.25, -0.2) is 8.78 Å². The second-order valence-corrected chi connectivity index (χ2v) is 16.2. The zero-order valence-corrected chi connectivity index (χ0v) is 36.2. The number of likely N-dealkylation sites (N-methyl/N-ethyl adjacent to an activating group) is 1. The van der Waals surface area contributed by atoms with Crippen molar-refractivity contribution in [2.24, 2.45) is 4.99 Å². The molecule has 0 bridgehead atoms. The number of amides is 1. The molecule has 1 atom stereocenters. The molecule has 0 radical (unpaired) electrons. The number of aliphatic imine (C=N–C) groups is 1. The Labute approximate surface area is 360 Å². The van der Waals surface area contributed by atoms with Crippen LogP contribution in [0.2, 0.25) is 5.02 Å². The molecule has 1 saturated heterocycles. The van der Waals surface area contributed by atoms with Crippen molar-refractivity contribution in [1.29, 1.82) is 5.26 Å². The molecule has 1 amide bonds. The topological polar surface area (TPSA) is 136 Å². The summed E-state index contributed by atoms with van der Waals surface area (Å²) in [5.41, 5.74) is 4.58. The summed E-state index contributed by atoms with van der Waals surface area (Å²) >= 11 is 6.50. The third-order valence-electron chi connectivity index (χ3n) is 11.7. The molecular weight excluding hydrogens is 798 g/mol. The Balaban J connectivity index is 0.00000307. The van der Waals surface area contributed by atoms with Gasteiger partial charge in [-0.3, -0.25) is 24.0 Å². The van der Waals surface area contributed by atoms with Gasteiger partial charge >= 0.3 is 0 Å².